The first-order valence-electron chi connectivity index (χ1n) is 5.17. The number of nitrogens with one attached hydrogen (secondary N) is 2. The summed E-state index contributed by atoms with van der Waals surface area (Å²) >= 11 is 1.19. The van der Waals surface area contributed by atoms with Gasteiger partial charge in [-0.1, -0.05) is 11.3 Å². The summed E-state index contributed by atoms with van der Waals surface area (Å²) in [7, 11) is 0. The molecule has 0 aliphatic rings. The van der Waals surface area contributed by atoms with E-state index in [4.69, 9.17) is 0 Å². The maximum atomic E-state index is 10.9. The lowest BCUT2D eigenvalue weighted by atomic mass is 10.4. The predicted octanol–water partition coefficient (Wildman–Crippen LogP) is 0.943. The highest BCUT2D eigenvalue weighted by molar-refractivity contribution is 7.07. The molecule has 0 amide bonds. The third kappa shape index (κ3) is 2.59. The fraction of sp³-hybridized carbons (Fsp3) is 0.400. The molecule has 0 aromatic carbocycles. The van der Waals surface area contributed by atoms with Gasteiger partial charge in [-0.2, -0.15) is 5.10 Å². The van der Waals surface area contributed by atoms with Crippen LogP contribution in [0.5, 0.6) is 0 Å². The van der Waals surface area contributed by atoms with Crippen LogP contribution in [0.15, 0.2) is 22.4 Å². The molecule has 2 aromatic heterocycles. The molecule has 0 saturated carbocycles. The van der Waals surface area contributed by atoms with E-state index in [2.05, 4.69) is 22.3 Å². The molecule has 5 nitrogen and oxygen atoms in total. The summed E-state index contributed by atoms with van der Waals surface area (Å²) in [6.45, 7) is 4.37. The van der Waals surface area contributed by atoms with Crippen molar-refractivity contribution < 1.29 is 0 Å². The number of aryl methyl sites for hydroxylation is 1. The maximum absolute atomic E-state index is 10.9. The first-order valence-corrected chi connectivity index (χ1v) is 6.05. The van der Waals surface area contributed by atoms with Gasteiger partial charge in [-0.05, 0) is 13.0 Å². The van der Waals surface area contributed by atoms with Gasteiger partial charge >= 0.3 is 4.87 Å². The number of hydrogen-bond acceptors (Lipinski definition) is 4. The van der Waals surface area contributed by atoms with Crippen LogP contribution in [0.25, 0.3) is 0 Å². The van der Waals surface area contributed by atoms with Gasteiger partial charge in [-0.3, -0.25) is 9.48 Å². The molecule has 0 atom stereocenters. The average molecular weight is 238 g/mol. The highest BCUT2D eigenvalue weighted by Gasteiger charge is 2.00. The van der Waals surface area contributed by atoms with Crippen molar-refractivity contribution in [2.45, 2.75) is 26.6 Å². The van der Waals surface area contributed by atoms with Gasteiger partial charge in [0.1, 0.15) is 0 Å². The van der Waals surface area contributed by atoms with E-state index in [1.807, 2.05) is 16.1 Å². The summed E-state index contributed by atoms with van der Waals surface area (Å²) in [5.41, 5.74) is 2.08. The Labute approximate surface area is 97.1 Å². The Balaban J connectivity index is 1.86. The summed E-state index contributed by atoms with van der Waals surface area (Å²) in [6.07, 6.45) is 1.80. The van der Waals surface area contributed by atoms with Crippen LogP contribution in [0.2, 0.25) is 0 Å². The third-order valence-electron chi connectivity index (χ3n) is 2.30. The molecule has 2 N–H and O–H groups in total. The third-order valence-corrected chi connectivity index (χ3v) is 3.01. The molecule has 0 fully saturated rings. The van der Waals surface area contributed by atoms with E-state index in [0.717, 1.165) is 24.5 Å². The van der Waals surface area contributed by atoms with Crippen molar-refractivity contribution in [1.82, 2.24) is 20.1 Å². The summed E-state index contributed by atoms with van der Waals surface area (Å²) in [4.78, 5) is 13.7. The second-order valence-corrected chi connectivity index (χ2v) is 4.26. The van der Waals surface area contributed by atoms with Crippen molar-refractivity contribution in [2.24, 2.45) is 0 Å². The molecule has 0 radical (unpaired) electrons. The predicted molar refractivity (Wildman–Crippen MR) is 63.4 cm³/mol. The number of aromatic nitrogens is 3. The van der Waals surface area contributed by atoms with Crippen LogP contribution in [0.1, 0.15) is 18.3 Å². The van der Waals surface area contributed by atoms with Crippen LogP contribution in [-0.4, -0.2) is 14.8 Å². The minimum atomic E-state index is -0.00426. The molecule has 2 heterocycles. The van der Waals surface area contributed by atoms with E-state index in [-0.39, 0.29) is 4.87 Å². The van der Waals surface area contributed by atoms with Crippen LogP contribution in [-0.2, 0) is 19.6 Å². The molecule has 0 aliphatic carbocycles. The van der Waals surface area contributed by atoms with Crippen LogP contribution in [0.3, 0.4) is 0 Å². The topological polar surface area (TPSA) is 62.7 Å². The first kappa shape index (κ1) is 11.1. The van der Waals surface area contributed by atoms with Gasteiger partial charge in [0.25, 0.3) is 0 Å². The number of aromatic amines is 1. The first-order chi connectivity index (χ1) is 7.79. The normalized spacial score (nSPS) is 10.8. The molecule has 16 heavy (non-hydrogen) atoms. The molecule has 0 unspecified atom stereocenters. The number of nitrogens with zero attached hydrogens (tertiary/aromatic N) is 2. The lowest BCUT2D eigenvalue weighted by molar-refractivity contribution is 0.579. The van der Waals surface area contributed by atoms with Gasteiger partial charge in [0, 0.05) is 36.9 Å². The van der Waals surface area contributed by atoms with Crippen LogP contribution < -0.4 is 10.2 Å². The minimum Gasteiger partial charge on any atom is -0.315 e. The highest BCUT2D eigenvalue weighted by atomic mass is 32.1. The Bertz CT molecular complexity index is 499. The molecular weight excluding hydrogens is 224 g/mol. The van der Waals surface area contributed by atoms with Gasteiger partial charge in [-0.25, -0.2) is 0 Å². The van der Waals surface area contributed by atoms with Crippen molar-refractivity contribution in [2.75, 3.05) is 0 Å². The summed E-state index contributed by atoms with van der Waals surface area (Å²) in [5.74, 6) is 0. The summed E-state index contributed by atoms with van der Waals surface area (Å²) < 4.78 is 1.95. The lowest BCUT2D eigenvalue weighted by Crippen LogP contribution is -2.16. The highest BCUT2D eigenvalue weighted by Crippen LogP contribution is 1.99. The standard InChI is InChI=1S/C10H14N4OS/c1-2-14-9(3-4-12-14)6-11-5-8-7-16-10(15)13-8/h3-4,7,11H,2,5-6H2,1H3,(H,13,15). The number of hydrogen-bond donors (Lipinski definition) is 2. The van der Waals surface area contributed by atoms with E-state index in [9.17, 15) is 4.79 Å². The zero-order chi connectivity index (χ0) is 11.4. The van der Waals surface area contributed by atoms with Crippen molar-refractivity contribution in [3.05, 3.63) is 38.7 Å². The summed E-state index contributed by atoms with van der Waals surface area (Å²) in [6, 6.07) is 1.99. The monoisotopic (exact) mass is 238 g/mol. The van der Waals surface area contributed by atoms with Crippen LogP contribution >= 0.6 is 11.3 Å². The van der Waals surface area contributed by atoms with Gasteiger partial charge in [0.2, 0.25) is 0 Å². The molecule has 0 aliphatic heterocycles. The SMILES string of the molecule is CCn1nccc1CNCc1csc(=O)[nH]1. The molecule has 0 spiro atoms. The van der Waals surface area contributed by atoms with Crippen molar-refractivity contribution in [1.29, 1.82) is 0 Å². The Hall–Kier alpha value is -1.40. The molecule has 6 heteroatoms. The lowest BCUT2D eigenvalue weighted by Gasteiger charge is -2.05. The van der Waals surface area contributed by atoms with E-state index >= 15 is 0 Å². The quantitative estimate of drug-likeness (QED) is 0.815. The van der Waals surface area contributed by atoms with Gasteiger partial charge in [-0.15, -0.1) is 0 Å². The zero-order valence-corrected chi connectivity index (χ0v) is 9.88. The van der Waals surface area contributed by atoms with Crippen LogP contribution in [0, 0.1) is 0 Å². The Morgan fingerprint density at radius 3 is 3.12 bits per heavy atom. The smallest absolute Gasteiger partial charge is 0.304 e. The molecule has 2 rings (SSSR count). The van der Waals surface area contributed by atoms with Crippen molar-refractivity contribution in [3.63, 3.8) is 0 Å². The summed E-state index contributed by atoms with van der Waals surface area (Å²) in [5, 5.41) is 9.29. The largest absolute Gasteiger partial charge is 0.315 e. The second kappa shape index (κ2) is 5.09. The van der Waals surface area contributed by atoms with Crippen LogP contribution in [0.4, 0.5) is 0 Å². The number of thiazole rings is 1. The second-order valence-electron chi connectivity index (χ2n) is 3.42. The molecule has 86 valence electrons. The van der Waals surface area contributed by atoms with Crippen molar-refractivity contribution >= 4 is 11.3 Å². The molecule has 0 bridgehead atoms. The van der Waals surface area contributed by atoms with Gasteiger partial charge in [0.15, 0.2) is 0 Å². The Morgan fingerprint density at radius 2 is 2.44 bits per heavy atom. The Kier molecular flexibility index (Phi) is 3.53. The molecule has 0 saturated heterocycles. The average Bonchev–Trinajstić information content (AvgIpc) is 2.87. The zero-order valence-electron chi connectivity index (χ0n) is 9.06. The van der Waals surface area contributed by atoms with E-state index in [1.54, 1.807) is 6.20 Å². The van der Waals surface area contributed by atoms with E-state index in [0.29, 0.717) is 6.54 Å². The van der Waals surface area contributed by atoms with Gasteiger partial charge < -0.3 is 10.3 Å². The Morgan fingerprint density at radius 1 is 1.56 bits per heavy atom. The maximum Gasteiger partial charge on any atom is 0.304 e. The molecule has 2 aromatic rings. The van der Waals surface area contributed by atoms with E-state index < -0.39 is 0 Å². The van der Waals surface area contributed by atoms with E-state index in [1.165, 1.54) is 11.3 Å². The number of rotatable bonds is 5. The fourth-order valence-corrected chi connectivity index (χ4v) is 2.10. The molecular formula is C10H14N4OS. The fourth-order valence-electron chi connectivity index (χ4n) is 1.52. The van der Waals surface area contributed by atoms with Crippen molar-refractivity contribution in [3.8, 4) is 0 Å². The minimum absolute atomic E-state index is 0.00426. The number of H-pyrrole nitrogens is 1. The van der Waals surface area contributed by atoms with Gasteiger partial charge in [0.05, 0.1) is 5.69 Å².